The molecule has 0 bridgehead atoms. The molecule has 0 amide bonds. The Labute approximate surface area is 137 Å². The van der Waals surface area contributed by atoms with E-state index in [4.69, 9.17) is 14.2 Å². The molecule has 2 aromatic carbocycles. The van der Waals surface area contributed by atoms with E-state index < -0.39 is 12.2 Å². The van der Waals surface area contributed by atoms with Crippen molar-refractivity contribution in [3.05, 3.63) is 28.2 Å². The Hall–Kier alpha value is -1.50. The first-order valence-corrected chi connectivity index (χ1v) is 7.52. The van der Waals surface area contributed by atoms with Gasteiger partial charge in [0.2, 0.25) is 0 Å². The molecule has 0 aromatic heterocycles. The van der Waals surface area contributed by atoms with Crippen LogP contribution >= 0.6 is 15.9 Å². The summed E-state index contributed by atoms with van der Waals surface area (Å²) < 4.78 is 16.8. The lowest BCUT2D eigenvalue weighted by Crippen LogP contribution is -2.14. The highest BCUT2D eigenvalue weighted by molar-refractivity contribution is 9.10. The summed E-state index contributed by atoms with van der Waals surface area (Å²) in [5.41, 5.74) is 0.537. The van der Waals surface area contributed by atoms with E-state index >= 15 is 0 Å². The summed E-state index contributed by atoms with van der Waals surface area (Å²) in [5.74, 6) is 1.77. The Bertz CT molecular complexity index is 684. The summed E-state index contributed by atoms with van der Waals surface area (Å²) in [6.07, 6.45) is -1.95. The minimum Gasteiger partial charge on any atom is -0.497 e. The second kappa shape index (κ2) is 6.73. The molecular formula is C16H19BrO5. The zero-order chi connectivity index (χ0) is 16.4. The molecule has 2 rings (SSSR count). The van der Waals surface area contributed by atoms with Gasteiger partial charge in [-0.05, 0) is 35.0 Å². The molecule has 6 heteroatoms. The van der Waals surface area contributed by atoms with E-state index in [0.717, 1.165) is 10.8 Å². The van der Waals surface area contributed by atoms with Crippen molar-refractivity contribution in [2.24, 2.45) is 0 Å². The van der Waals surface area contributed by atoms with E-state index in [1.54, 1.807) is 33.5 Å². The van der Waals surface area contributed by atoms with Gasteiger partial charge in [-0.3, -0.25) is 0 Å². The molecule has 0 saturated carbocycles. The molecule has 0 aliphatic heterocycles. The lowest BCUT2D eigenvalue weighted by molar-refractivity contribution is 0.0301. The first-order chi connectivity index (χ1) is 10.4. The van der Waals surface area contributed by atoms with E-state index in [1.807, 2.05) is 6.07 Å². The third-order valence-electron chi connectivity index (χ3n) is 3.55. The van der Waals surface area contributed by atoms with Crippen LogP contribution in [0.1, 0.15) is 18.6 Å². The van der Waals surface area contributed by atoms with Gasteiger partial charge < -0.3 is 24.4 Å². The Morgan fingerprint density at radius 2 is 1.55 bits per heavy atom. The largest absolute Gasteiger partial charge is 0.497 e. The van der Waals surface area contributed by atoms with Crippen molar-refractivity contribution in [3.63, 3.8) is 0 Å². The molecular weight excluding hydrogens is 352 g/mol. The van der Waals surface area contributed by atoms with Gasteiger partial charge in [-0.25, -0.2) is 0 Å². The van der Waals surface area contributed by atoms with E-state index in [1.165, 1.54) is 6.92 Å². The Morgan fingerprint density at radius 3 is 2.05 bits per heavy atom. The SMILES string of the molecule is COc1cc(OC)c2c(OC)cc([C@@H](O)[C@@H](C)O)c(Br)c2c1. The van der Waals surface area contributed by atoms with Crippen LogP contribution < -0.4 is 14.2 Å². The zero-order valence-electron chi connectivity index (χ0n) is 12.9. The fraction of sp³-hybridized carbons (Fsp3) is 0.375. The first-order valence-electron chi connectivity index (χ1n) is 6.72. The highest BCUT2D eigenvalue weighted by Gasteiger charge is 2.22. The third kappa shape index (κ3) is 2.86. The van der Waals surface area contributed by atoms with Crippen LogP contribution in [0.4, 0.5) is 0 Å². The van der Waals surface area contributed by atoms with Crippen molar-refractivity contribution in [1.29, 1.82) is 0 Å². The van der Waals surface area contributed by atoms with Gasteiger partial charge in [0, 0.05) is 21.5 Å². The lowest BCUT2D eigenvalue weighted by Gasteiger charge is -2.20. The molecule has 0 radical (unpaired) electrons. The Kier molecular flexibility index (Phi) is 5.16. The van der Waals surface area contributed by atoms with E-state index in [2.05, 4.69) is 15.9 Å². The van der Waals surface area contributed by atoms with E-state index in [9.17, 15) is 10.2 Å². The van der Waals surface area contributed by atoms with Crippen LogP contribution in [0.15, 0.2) is 22.7 Å². The number of hydrogen-bond donors (Lipinski definition) is 2. The maximum absolute atomic E-state index is 10.2. The van der Waals surface area contributed by atoms with Gasteiger partial charge >= 0.3 is 0 Å². The van der Waals surface area contributed by atoms with Gasteiger partial charge in [-0.1, -0.05) is 0 Å². The number of ether oxygens (including phenoxy) is 3. The Morgan fingerprint density at radius 1 is 0.955 bits per heavy atom. The minimum absolute atomic E-state index is 0.537. The number of fused-ring (bicyclic) bond motifs is 1. The van der Waals surface area contributed by atoms with Crippen LogP contribution in [-0.4, -0.2) is 37.6 Å². The van der Waals surface area contributed by atoms with Crippen LogP contribution in [0.3, 0.4) is 0 Å². The monoisotopic (exact) mass is 370 g/mol. The second-order valence-electron chi connectivity index (χ2n) is 4.92. The normalized spacial score (nSPS) is 13.8. The molecule has 2 aromatic rings. The van der Waals surface area contributed by atoms with Crippen LogP contribution in [-0.2, 0) is 0 Å². The molecule has 22 heavy (non-hydrogen) atoms. The second-order valence-corrected chi connectivity index (χ2v) is 5.71. The molecule has 0 aliphatic rings. The molecule has 0 spiro atoms. The fourth-order valence-corrected chi connectivity index (χ4v) is 3.03. The van der Waals surface area contributed by atoms with E-state index in [-0.39, 0.29) is 0 Å². The highest BCUT2D eigenvalue weighted by Crippen LogP contribution is 2.44. The van der Waals surface area contributed by atoms with Crippen molar-refractivity contribution >= 4 is 26.7 Å². The molecule has 2 atom stereocenters. The predicted octanol–water partition coefficient (Wildman–Crippen LogP) is 3.04. The summed E-state index contributed by atoms with van der Waals surface area (Å²) in [4.78, 5) is 0. The number of aliphatic hydroxyl groups excluding tert-OH is 2. The molecule has 0 unspecified atom stereocenters. The van der Waals surface area contributed by atoms with Gasteiger partial charge in [0.25, 0.3) is 0 Å². The van der Waals surface area contributed by atoms with Gasteiger partial charge in [0.15, 0.2) is 0 Å². The fourth-order valence-electron chi connectivity index (χ4n) is 2.36. The highest BCUT2D eigenvalue weighted by atomic mass is 79.9. The first kappa shape index (κ1) is 16.9. The number of aliphatic hydroxyl groups is 2. The maximum atomic E-state index is 10.2. The maximum Gasteiger partial charge on any atom is 0.134 e. The van der Waals surface area contributed by atoms with Crippen molar-refractivity contribution in [3.8, 4) is 17.2 Å². The number of hydrogen-bond acceptors (Lipinski definition) is 5. The van der Waals surface area contributed by atoms with E-state index in [0.29, 0.717) is 27.3 Å². The minimum atomic E-state index is -1.04. The molecule has 0 saturated heterocycles. The topological polar surface area (TPSA) is 68.2 Å². The van der Waals surface area contributed by atoms with Gasteiger partial charge in [-0.2, -0.15) is 0 Å². The summed E-state index contributed by atoms with van der Waals surface area (Å²) in [6, 6.07) is 5.28. The summed E-state index contributed by atoms with van der Waals surface area (Å²) in [5, 5.41) is 21.4. The lowest BCUT2D eigenvalue weighted by atomic mass is 9.99. The predicted molar refractivity (Wildman–Crippen MR) is 87.9 cm³/mol. The molecule has 0 heterocycles. The summed E-state index contributed by atoms with van der Waals surface area (Å²) in [7, 11) is 4.69. The zero-order valence-corrected chi connectivity index (χ0v) is 14.5. The molecule has 5 nitrogen and oxygen atoms in total. The van der Waals surface area contributed by atoms with Crippen LogP contribution in [0.2, 0.25) is 0 Å². The van der Waals surface area contributed by atoms with Crippen LogP contribution in [0.5, 0.6) is 17.2 Å². The van der Waals surface area contributed by atoms with Crippen LogP contribution in [0.25, 0.3) is 10.8 Å². The van der Waals surface area contributed by atoms with Crippen molar-refractivity contribution in [1.82, 2.24) is 0 Å². The molecule has 2 N–H and O–H groups in total. The number of halogens is 1. The molecule has 0 aliphatic carbocycles. The summed E-state index contributed by atoms with van der Waals surface area (Å²) >= 11 is 3.50. The van der Waals surface area contributed by atoms with Gasteiger partial charge in [0.05, 0.1) is 32.8 Å². The molecule has 120 valence electrons. The average molecular weight is 371 g/mol. The number of rotatable bonds is 5. The van der Waals surface area contributed by atoms with Crippen molar-refractivity contribution < 1.29 is 24.4 Å². The van der Waals surface area contributed by atoms with Crippen LogP contribution in [0, 0.1) is 0 Å². The Balaban J connectivity index is 2.86. The third-order valence-corrected chi connectivity index (χ3v) is 4.43. The quantitative estimate of drug-likeness (QED) is 0.846. The molecule has 0 fully saturated rings. The van der Waals surface area contributed by atoms with Gasteiger partial charge in [0.1, 0.15) is 23.4 Å². The van der Waals surface area contributed by atoms with Crippen molar-refractivity contribution in [2.75, 3.05) is 21.3 Å². The number of methoxy groups -OCH3 is 3. The average Bonchev–Trinajstić information content (AvgIpc) is 2.53. The van der Waals surface area contributed by atoms with Crippen molar-refractivity contribution in [2.45, 2.75) is 19.1 Å². The summed E-state index contributed by atoms with van der Waals surface area (Å²) in [6.45, 7) is 1.53. The standard InChI is InChI=1S/C16H19BrO5/c1-8(18)16(19)11-7-13(22-4)14-10(15(11)17)5-9(20-2)6-12(14)21-3/h5-8,16,18-19H,1-4H3/t8-,16+/m1/s1. The smallest absolute Gasteiger partial charge is 0.134 e. The number of benzene rings is 2. The van der Waals surface area contributed by atoms with Gasteiger partial charge in [-0.15, -0.1) is 0 Å².